The molecule has 0 bridgehead atoms. The molecule has 1 N–H and O–H groups in total. The van der Waals surface area contributed by atoms with Crippen LogP contribution in [-0.4, -0.2) is 31.6 Å². The molecule has 156 valence electrons. The molecule has 1 amide bonds. The first kappa shape index (κ1) is 20.8. The van der Waals surface area contributed by atoms with Crippen molar-refractivity contribution in [1.29, 1.82) is 0 Å². The molecule has 0 unspecified atom stereocenters. The molecule has 0 radical (unpaired) electrons. The fraction of sp³-hybridized carbons (Fsp3) is 0.167. The Morgan fingerprint density at radius 2 is 1.74 bits per heavy atom. The summed E-state index contributed by atoms with van der Waals surface area (Å²) >= 11 is 1.37. The molecule has 0 saturated carbocycles. The Labute approximate surface area is 185 Å². The summed E-state index contributed by atoms with van der Waals surface area (Å²) in [7, 11) is 0. The lowest BCUT2D eigenvalue weighted by atomic mass is 10.1. The van der Waals surface area contributed by atoms with Crippen molar-refractivity contribution >= 4 is 23.4 Å². The van der Waals surface area contributed by atoms with Crippen LogP contribution < -0.4 is 5.32 Å². The van der Waals surface area contributed by atoms with Gasteiger partial charge in [-0.1, -0.05) is 41.6 Å². The molecular formula is C24H23N5OS. The van der Waals surface area contributed by atoms with E-state index in [0.717, 1.165) is 33.8 Å². The fourth-order valence-electron chi connectivity index (χ4n) is 3.45. The number of rotatable bonds is 6. The maximum absolute atomic E-state index is 12.4. The van der Waals surface area contributed by atoms with E-state index in [1.165, 1.54) is 17.3 Å². The van der Waals surface area contributed by atoms with Crippen LogP contribution in [0.1, 0.15) is 16.7 Å². The van der Waals surface area contributed by atoms with Crippen LogP contribution in [-0.2, 0) is 4.79 Å². The number of hydrogen-bond acceptors (Lipinski definition) is 5. The zero-order valence-electron chi connectivity index (χ0n) is 17.7. The van der Waals surface area contributed by atoms with E-state index < -0.39 is 0 Å². The minimum Gasteiger partial charge on any atom is -0.325 e. The molecule has 6 nitrogen and oxygen atoms in total. The lowest BCUT2D eigenvalue weighted by Crippen LogP contribution is -2.16. The fourth-order valence-corrected chi connectivity index (χ4v) is 4.06. The number of carbonyl (C=O) groups excluding carboxylic acids is 1. The van der Waals surface area contributed by atoms with Crippen LogP contribution in [0.4, 0.5) is 5.69 Å². The van der Waals surface area contributed by atoms with Gasteiger partial charge in [0.25, 0.3) is 0 Å². The molecule has 4 aromatic rings. The zero-order valence-corrected chi connectivity index (χ0v) is 18.5. The average molecular weight is 430 g/mol. The molecule has 2 heterocycles. The number of thioether (sulfide) groups is 1. The molecule has 0 spiro atoms. The lowest BCUT2D eigenvalue weighted by Gasteiger charge is -2.12. The van der Waals surface area contributed by atoms with Crippen molar-refractivity contribution in [2.24, 2.45) is 0 Å². The highest BCUT2D eigenvalue weighted by Crippen LogP contribution is 2.24. The molecule has 2 aromatic carbocycles. The van der Waals surface area contributed by atoms with E-state index in [4.69, 9.17) is 0 Å². The molecule has 31 heavy (non-hydrogen) atoms. The van der Waals surface area contributed by atoms with Crippen LogP contribution in [0.25, 0.3) is 16.9 Å². The number of aromatic nitrogens is 4. The van der Waals surface area contributed by atoms with Gasteiger partial charge in [-0.25, -0.2) is 4.68 Å². The van der Waals surface area contributed by atoms with Gasteiger partial charge < -0.3 is 5.32 Å². The minimum absolute atomic E-state index is 0.0554. The molecule has 2 aromatic heterocycles. The highest BCUT2D eigenvalue weighted by atomic mass is 32.2. The molecule has 0 fully saturated rings. The highest BCUT2D eigenvalue weighted by Gasteiger charge is 2.10. The largest absolute Gasteiger partial charge is 0.325 e. The molecule has 0 aliphatic heterocycles. The van der Waals surface area contributed by atoms with Gasteiger partial charge in [0.1, 0.15) is 5.03 Å². The third-order valence-electron chi connectivity index (χ3n) is 4.86. The molecule has 0 aliphatic carbocycles. The third-order valence-corrected chi connectivity index (χ3v) is 5.78. The Bertz CT molecular complexity index is 1160. The Morgan fingerprint density at radius 1 is 1.00 bits per heavy atom. The number of aryl methyl sites for hydroxylation is 3. The number of nitrogens with zero attached hydrogens (tertiary/aromatic N) is 4. The van der Waals surface area contributed by atoms with Gasteiger partial charge in [-0.05, 0) is 62.2 Å². The van der Waals surface area contributed by atoms with Gasteiger partial charge in [0.15, 0.2) is 0 Å². The van der Waals surface area contributed by atoms with Gasteiger partial charge in [0.05, 0.1) is 17.1 Å². The van der Waals surface area contributed by atoms with Crippen molar-refractivity contribution in [3.8, 4) is 16.9 Å². The quantitative estimate of drug-likeness (QED) is 0.437. The number of amides is 1. The second kappa shape index (κ2) is 9.14. The standard InChI is InChI=1S/C24H23N5OS/c1-16-13-17(2)24(18(3)14-16)26-22(30)15-31-23-10-9-21(27-28-23)19-5-7-20(8-6-19)29-12-4-11-25-29/h4-14H,15H2,1-3H3,(H,26,30). The van der Waals surface area contributed by atoms with E-state index in [9.17, 15) is 4.79 Å². The normalized spacial score (nSPS) is 10.8. The molecule has 0 saturated heterocycles. The predicted octanol–water partition coefficient (Wildman–Crippen LogP) is 4.99. The van der Waals surface area contributed by atoms with Crippen LogP contribution >= 0.6 is 11.8 Å². The van der Waals surface area contributed by atoms with Crippen LogP contribution in [0.15, 0.2) is 72.0 Å². The average Bonchev–Trinajstić information content (AvgIpc) is 3.30. The second-order valence-corrected chi connectivity index (χ2v) is 8.36. The van der Waals surface area contributed by atoms with E-state index in [-0.39, 0.29) is 11.7 Å². The summed E-state index contributed by atoms with van der Waals surface area (Å²) in [6.45, 7) is 6.07. The van der Waals surface area contributed by atoms with Gasteiger partial charge in [-0.15, -0.1) is 10.2 Å². The number of anilines is 1. The van der Waals surface area contributed by atoms with Gasteiger partial charge in [-0.3, -0.25) is 4.79 Å². The van der Waals surface area contributed by atoms with Crippen molar-refractivity contribution in [2.75, 3.05) is 11.1 Å². The van der Waals surface area contributed by atoms with Gasteiger partial charge in [0.2, 0.25) is 5.91 Å². The summed E-state index contributed by atoms with van der Waals surface area (Å²) in [6, 6.07) is 17.8. The Hall–Kier alpha value is -3.45. The number of carbonyl (C=O) groups is 1. The van der Waals surface area contributed by atoms with Crippen LogP contribution in [0.2, 0.25) is 0 Å². The summed E-state index contributed by atoms with van der Waals surface area (Å²) in [5, 5.41) is 16.5. The summed E-state index contributed by atoms with van der Waals surface area (Å²) in [5.41, 5.74) is 6.95. The summed E-state index contributed by atoms with van der Waals surface area (Å²) < 4.78 is 1.81. The van der Waals surface area contributed by atoms with Gasteiger partial charge in [0, 0.05) is 23.6 Å². The maximum Gasteiger partial charge on any atom is 0.234 e. The number of nitrogens with one attached hydrogen (secondary N) is 1. The Morgan fingerprint density at radius 3 is 2.35 bits per heavy atom. The summed E-state index contributed by atoms with van der Waals surface area (Å²) in [5.74, 6) is 0.222. The smallest absolute Gasteiger partial charge is 0.234 e. The number of hydrogen-bond donors (Lipinski definition) is 1. The van der Waals surface area contributed by atoms with Crippen LogP contribution in [0, 0.1) is 20.8 Å². The van der Waals surface area contributed by atoms with Crippen molar-refractivity contribution in [1.82, 2.24) is 20.0 Å². The van der Waals surface area contributed by atoms with Gasteiger partial charge in [-0.2, -0.15) is 5.10 Å². The van der Waals surface area contributed by atoms with E-state index in [2.05, 4.69) is 39.7 Å². The van der Waals surface area contributed by atoms with Crippen molar-refractivity contribution in [2.45, 2.75) is 25.8 Å². The van der Waals surface area contributed by atoms with Crippen LogP contribution in [0.5, 0.6) is 0 Å². The van der Waals surface area contributed by atoms with Crippen molar-refractivity contribution in [3.63, 3.8) is 0 Å². The SMILES string of the molecule is Cc1cc(C)c(NC(=O)CSc2ccc(-c3ccc(-n4cccn4)cc3)nn2)c(C)c1. The van der Waals surface area contributed by atoms with E-state index in [0.29, 0.717) is 5.03 Å². The van der Waals surface area contributed by atoms with E-state index in [1.807, 2.05) is 62.5 Å². The van der Waals surface area contributed by atoms with E-state index in [1.54, 1.807) is 10.9 Å². The maximum atomic E-state index is 12.4. The van der Waals surface area contributed by atoms with Crippen molar-refractivity contribution in [3.05, 3.63) is 83.7 Å². The monoisotopic (exact) mass is 429 g/mol. The predicted molar refractivity (Wildman–Crippen MR) is 125 cm³/mol. The van der Waals surface area contributed by atoms with Crippen LogP contribution in [0.3, 0.4) is 0 Å². The summed E-state index contributed by atoms with van der Waals surface area (Å²) in [6.07, 6.45) is 3.65. The van der Waals surface area contributed by atoms with E-state index >= 15 is 0 Å². The topological polar surface area (TPSA) is 72.7 Å². The minimum atomic E-state index is -0.0554. The first-order valence-corrected chi connectivity index (χ1v) is 10.9. The molecule has 7 heteroatoms. The van der Waals surface area contributed by atoms with Crippen molar-refractivity contribution < 1.29 is 4.79 Å². The lowest BCUT2D eigenvalue weighted by molar-refractivity contribution is -0.113. The Balaban J connectivity index is 1.36. The van der Waals surface area contributed by atoms with Gasteiger partial charge >= 0.3 is 0 Å². The Kier molecular flexibility index (Phi) is 6.13. The third kappa shape index (κ3) is 5.00. The zero-order chi connectivity index (χ0) is 21.8. The molecule has 4 rings (SSSR count). The molecular weight excluding hydrogens is 406 g/mol. The molecule has 0 atom stereocenters. The first-order valence-electron chi connectivity index (χ1n) is 9.94. The number of benzene rings is 2. The first-order chi connectivity index (χ1) is 15.0. The summed E-state index contributed by atoms with van der Waals surface area (Å²) in [4.78, 5) is 12.4. The second-order valence-electron chi connectivity index (χ2n) is 7.36. The highest BCUT2D eigenvalue weighted by molar-refractivity contribution is 7.99. The molecule has 0 aliphatic rings.